The van der Waals surface area contributed by atoms with Crippen molar-refractivity contribution in [3.8, 4) is 0 Å². The molecule has 4 heterocycles. The summed E-state index contributed by atoms with van der Waals surface area (Å²) in [5, 5.41) is 13.6. The molecule has 13 heteroatoms. The zero-order valence-corrected chi connectivity index (χ0v) is 34.1. The molecule has 0 amide bonds. The summed E-state index contributed by atoms with van der Waals surface area (Å²) in [7, 11) is 4.09. The number of halogens is 2. The standard InChI is InChI=1S/C40H52FN9O2.HI/c1-7-47(8-2)16-11-17-50-28-31(43-44-50)27-42-36-26-37-34(25-35(36)41)38(49-20-18-45(5)19-21-49)23-32(46(37)6)14-13-30-22-29-12-15-33(48(9-3)10-4)24-39(29)52-40(30)51;/h12-15,22-26,28H,7-11,16-21,27H2,1-6H3;1H/b14-13+;. The van der Waals surface area contributed by atoms with Gasteiger partial charge in [0, 0.05) is 81.2 Å². The van der Waals surface area contributed by atoms with E-state index in [0.29, 0.717) is 23.4 Å². The summed E-state index contributed by atoms with van der Waals surface area (Å²) < 4.78 is 25.5. The first-order valence-corrected chi connectivity index (χ1v) is 18.7. The van der Waals surface area contributed by atoms with Crippen LogP contribution in [-0.2, 0) is 20.1 Å². The monoisotopic (exact) mass is 837 g/mol. The van der Waals surface area contributed by atoms with E-state index in [1.807, 2.05) is 58.9 Å². The molecule has 0 radical (unpaired) electrons. The van der Waals surface area contributed by atoms with Gasteiger partial charge in [0.1, 0.15) is 24.1 Å². The Balaban J connectivity index is 0.00000541. The van der Waals surface area contributed by atoms with Crippen LogP contribution < -0.4 is 49.3 Å². The number of fused-ring (bicyclic) bond motifs is 2. The highest BCUT2D eigenvalue weighted by molar-refractivity contribution is 5.93. The Morgan fingerprint density at radius 2 is 1.74 bits per heavy atom. The summed E-state index contributed by atoms with van der Waals surface area (Å²) in [4.78, 5) is 22.4. The Kier molecular flexibility index (Phi) is 13.9. The number of anilines is 3. The third kappa shape index (κ3) is 9.36. The van der Waals surface area contributed by atoms with Gasteiger partial charge in [0.15, 0.2) is 0 Å². The number of pyridine rings is 1. The van der Waals surface area contributed by atoms with Crippen molar-refractivity contribution in [3.63, 3.8) is 0 Å². The molecule has 2 aromatic carbocycles. The zero-order chi connectivity index (χ0) is 36.8. The molecule has 3 aromatic heterocycles. The van der Waals surface area contributed by atoms with Crippen LogP contribution in [0.5, 0.6) is 0 Å². The van der Waals surface area contributed by atoms with Gasteiger partial charge in [-0.25, -0.2) is 9.18 Å². The van der Waals surface area contributed by atoms with E-state index in [4.69, 9.17) is 4.42 Å². The first-order chi connectivity index (χ1) is 25.2. The summed E-state index contributed by atoms with van der Waals surface area (Å²) in [5.41, 5.74) is 5.53. The molecule has 0 atom stereocenters. The first-order valence-electron chi connectivity index (χ1n) is 18.7. The van der Waals surface area contributed by atoms with Crippen molar-refractivity contribution < 1.29 is 37.4 Å². The number of rotatable bonds is 15. The van der Waals surface area contributed by atoms with Crippen LogP contribution in [0.1, 0.15) is 51.1 Å². The predicted molar refractivity (Wildman–Crippen MR) is 210 cm³/mol. The number of hydrogen-bond donors (Lipinski definition) is 1. The normalized spacial score (nSPS) is 13.8. The van der Waals surface area contributed by atoms with Crippen molar-refractivity contribution in [2.45, 2.75) is 47.2 Å². The Morgan fingerprint density at radius 3 is 2.45 bits per heavy atom. The van der Waals surface area contributed by atoms with E-state index in [-0.39, 0.29) is 29.8 Å². The Labute approximate surface area is 329 Å². The minimum absolute atomic E-state index is 0. The molecule has 11 nitrogen and oxygen atoms in total. The number of aryl methyl sites for hydroxylation is 2. The van der Waals surface area contributed by atoms with E-state index in [0.717, 1.165) is 111 Å². The lowest BCUT2D eigenvalue weighted by molar-refractivity contribution is -0.646. The smallest absolute Gasteiger partial charge is 0.343 e. The van der Waals surface area contributed by atoms with Gasteiger partial charge in [0.2, 0.25) is 11.2 Å². The van der Waals surface area contributed by atoms with Crippen LogP contribution in [0.15, 0.2) is 57.9 Å². The third-order valence-corrected chi connectivity index (χ3v) is 10.3. The maximum atomic E-state index is 15.8. The number of nitrogens with one attached hydrogen (secondary N) is 1. The fourth-order valence-corrected chi connectivity index (χ4v) is 7.01. The second-order valence-corrected chi connectivity index (χ2v) is 13.6. The van der Waals surface area contributed by atoms with Gasteiger partial charge in [-0.1, -0.05) is 19.1 Å². The summed E-state index contributed by atoms with van der Waals surface area (Å²) in [6.07, 6.45) is 6.67. The van der Waals surface area contributed by atoms with Crippen molar-refractivity contribution in [1.29, 1.82) is 0 Å². The Morgan fingerprint density at radius 1 is 0.981 bits per heavy atom. The van der Waals surface area contributed by atoms with Crippen LogP contribution in [0.3, 0.4) is 0 Å². The summed E-state index contributed by atoms with van der Waals surface area (Å²) in [5.74, 6) is -0.323. The second-order valence-electron chi connectivity index (χ2n) is 13.6. The number of hydrogen-bond acceptors (Lipinski definition) is 9. The highest BCUT2D eigenvalue weighted by Crippen LogP contribution is 2.31. The molecule has 1 aliphatic rings. The van der Waals surface area contributed by atoms with Crippen molar-refractivity contribution >= 4 is 51.1 Å². The minimum atomic E-state index is -0.391. The molecule has 284 valence electrons. The molecular weight excluding hydrogens is 784 g/mol. The SMILES string of the molecule is CCN(CC)CCCn1cc(CNc2cc3c(cc2F)c(N2CCN(C)CC2)cc(/C=C/c2cc4ccc(N(CC)CC)cc4oc2=O)[n+]3C)nn1.[I-]. The average Bonchev–Trinajstić information content (AvgIpc) is 3.61. The van der Waals surface area contributed by atoms with Gasteiger partial charge in [-0.3, -0.25) is 4.68 Å². The highest BCUT2D eigenvalue weighted by Gasteiger charge is 2.24. The van der Waals surface area contributed by atoms with Crippen LogP contribution in [-0.4, -0.2) is 90.7 Å². The number of piperazine rings is 1. The van der Waals surface area contributed by atoms with Crippen LogP contribution in [0.4, 0.5) is 21.5 Å². The molecular formula is C40H53FIN9O2. The number of likely N-dealkylation sites (N-methyl/N-ethyl adjacent to an activating group) is 1. The van der Waals surface area contributed by atoms with E-state index in [9.17, 15) is 4.79 Å². The van der Waals surface area contributed by atoms with Crippen molar-refractivity contribution in [1.82, 2.24) is 24.8 Å². The van der Waals surface area contributed by atoms with Crippen LogP contribution in [0.25, 0.3) is 34.0 Å². The molecule has 6 rings (SSSR count). The fourth-order valence-electron chi connectivity index (χ4n) is 7.01. The lowest BCUT2D eigenvalue weighted by atomic mass is 10.1. The summed E-state index contributed by atoms with van der Waals surface area (Å²) in [6, 6.07) is 13.5. The molecule has 5 aromatic rings. The fraction of sp³-hybridized carbons (Fsp3) is 0.450. The minimum Gasteiger partial charge on any atom is -1.00 e. The molecule has 1 N–H and O–H groups in total. The van der Waals surface area contributed by atoms with Crippen LogP contribution in [0.2, 0.25) is 0 Å². The largest absolute Gasteiger partial charge is 1.00 e. The van der Waals surface area contributed by atoms with Gasteiger partial charge in [0.05, 0.1) is 35.1 Å². The van der Waals surface area contributed by atoms with Gasteiger partial charge < -0.3 is 53.3 Å². The molecule has 0 unspecified atom stereocenters. The van der Waals surface area contributed by atoms with Crippen molar-refractivity contribution in [2.24, 2.45) is 7.05 Å². The van der Waals surface area contributed by atoms with E-state index < -0.39 is 5.63 Å². The molecule has 1 fully saturated rings. The molecule has 0 spiro atoms. The van der Waals surface area contributed by atoms with E-state index in [1.54, 1.807) is 6.07 Å². The number of benzene rings is 2. The Hall–Kier alpha value is -4.08. The van der Waals surface area contributed by atoms with Gasteiger partial charge >= 0.3 is 5.63 Å². The second kappa shape index (κ2) is 18.3. The van der Waals surface area contributed by atoms with Gasteiger partial charge in [0.25, 0.3) is 0 Å². The number of aromatic nitrogens is 4. The summed E-state index contributed by atoms with van der Waals surface area (Å²) in [6.45, 7) is 18.0. The van der Waals surface area contributed by atoms with E-state index in [2.05, 4.69) is 82.1 Å². The highest BCUT2D eigenvalue weighted by atomic mass is 127. The quantitative estimate of drug-likeness (QED) is 0.0973. The lowest BCUT2D eigenvalue weighted by Crippen LogP contribution is -3.00. The predicted octanol–water partition coefficient (Wildman–Crippen LogP) is 2.62. The molecule has 1 saturated heterocycles. The maximum absolute atomic E-state index is 15.8. The van der Waals surface area contributed by atoms with Gasteiger partial charge in [-0.2, -0.15) is 4.57 Å². The average molecular weight is 838 g/mol. The van der Waals surface area contributed by atoms with E-state index in [1.165, 1.54) is 0 Å². The lowest BCUT2D eigenvalue weighted by Gasteiger charge is -2.34. The topological polar surface area (TPSA) is 89.8 Å². The van der Waals surface area contributed by atoms with Crippen LogP contribution >= 0.6 is 0 Å². The van der Waals surface area contributed by atoms with Gasteiger partial charge in [-0.05, 0) is 77.3 Å². The molecule has 53 heavy (non-hydrogen) atoms. The zero-order valence-electron chi connectivity index (χ0n) is 31.9. The molecule has 0 saturated carbocycles. The summed E-state index contributed by atoms with van der Waals surface area (Å²) >= 11 is 0. The van der Waals surface area contributed by atoms with Crippen LogP contribution in [0, 0.1) is 5.82 Å². The van der Waals surface area contributed by atoms with Gasteiger partial charge in [-0.15, -0.1) is 5.10 Å². The Bertz CT molecular complexity index is 2080. The van der Waals surface area contributed by atoms with Crippen molar-refractivity contribution in [2.75, 3.05) is 81.1 Å². The number of nitrogens with zero attached hydrogens (tertiary/aromatic N) is 8. The third-order valence-electron chi connectivity index (χ3n) is 10.3. The first kappa shape index (κ1) is 40.1. The van der Waals surface area contributed by atoms with E-state index >= 15 is 4.39 Å². The molecule has 0 aliphatic carbocycles. The van der Waals surface area contributed by atoms with Crippen molar-refractivity contribution in [3.05, 3.63) is 81.9 Å². The molecule has 1 aliphatic heterocycles. The maximum Gasteiger partial charge on any atom is 0.343 e. The molecule has 0 bridgehead atoms.